The lowest BCUT2D eigenvalue weighted by Gasteiger charge is -2.22. The number of aliphatic carboxylic acids is 1. The summed E-state index contributed by atoms with van der Waals surface area (Å²) in [5.41, 5.74) is 0.719. The molecule has 1 aliphatic heterocycles. The Morgan fingerprint density at radius 1 is 1.23 bits per heavy atom. The summed E-state index contributed by atoms with van der Waals surface area (Å²) in [5.74, 6) is 0.237. The molecule has 0 saturated carbocycles. The Hall–Kier alpha value is -2.44. The summed E-state index contributed by atoms with van der Waals surface area (Å²) < 4.78 is 15.8. The van der Waals surface area contributed by atoms with Gasteiger partial charge in [0.15, 0.2) is 11.5 Å². The molecule has 7 nitrogen and oxygen atoms in total. The molecule has 120 valence electrons. The maximum absolute atomic E-state index is 11.9. The summed E-state index contributed by atoms with van der Waals surface area (Å²) in [5, 5.41) is 9.20. The van der Waals surface area contributed by atoms with Crippen LogP contribution in [0.2, 0.25) is 0 Å². The number of ether oxygens (including phenoxy) is 3. The second kappa shape index (κ2) is 6.55. The van der Waals surface area contributed by atoms with Crippen LogP contribution in [0.3, 0.4) is 0 Å². The molecule has 0 aliphatic carbocycles. The number of carbonyl (C=O) groups excluding carboxylic acids is 1. The lowest BCUT2D eigenvalue weighted by Crippen LogP contribution is -2.37. The molecule has 1 heterocycles. The number of hydrogen-bond acceptors (Lipinski definition) is 5. The summed E-state index contributed by atoms with van der Waals surface area (Å²) in [6.07, 6.45) is 0.583. The van der Waals surface area contributed by atoms with Gasteiger partial charge in [-0.05, 0) is 24.1 Å². The number of carboxylic acid groups (broad SMARTS) is 1. The van der Waals surface area contributed by atoms with E-state index in [1.165, 1.54) is 26.2 Å². The standard InChI is InChI=1S/C15H19NO6/c1-20-11-6-9(7-12(21-2)14(11)22-3)8-16-10(15(18)19)4-5-13(16)17/h6-7,10H,4-5,8H2,1-3H3,(H,18,19). The first-order chi connectivity index (χ1) is 10.5. The summed E-state index contributed by atoms with van der Waals surface area (Å²) >= 11 is 0. The van der Waals surface area contributed by atoms with E-state index in [4.69, 9.17) is 14.2 Å². The highest BCUT2D eigenvalue weighted by Crippen LogP contribution is 2.38. The van der Waals surface area contributed by atoms with Crippen LogP contribution in [0, 0.1) is 0 Å². The molecule has 0 bridgehead atoms. The third-order valence-electron chi connectivity index (χ3n) is 3.69. The highest BCUT2D eigenvalue weighted by Gasteiger charge is 2.36. The second-order valence-electron chi connectivity index (χ2n) is 4.95. The molecular weight excluding hydrogens is 290 g/mol. The number of methoxy groups -OCH3 is 3. The van der Waals surface area contributed by atoms with Crippen LogP contribution < -0.4 is 14.2 Å². The zero-order valence-corrected chi connectivity index (χ0v) is 12.8. The number of likely N-dealkylation sites (tertiary alicyclic amines) is 1. The molecule has 1 N–H and O–H groups in total. The van der Waals surface area contributed by atoms with E-state index in [1.807, 2.05) is 0 Å². The van der Waals surface area contributed by atoms with Gasteiger partial charge in [-0.1, -0.05) is 0 Å². The molecule has 7 heteroatoms. The third kappa shape index (κ3) is 2.93. The van der Waals surface area contributed by atoms with Crippen molar-refractivity contribution in [1.29, 1.82) is 0 Å². The summed E-state index contributed by atoms with van der Waals surface area (Å²) in [6.45, 7) is 0.187. The van der Waals surface area contributed by atoms with Gasteiger partial charge in [-0.2, -0.15) is 0 Å². The zero-order chi connectivity index (χ0) is 16.3. The van der Waals surface area contributed by atoms with Crippen LogP contribution >= 0.6 is 0 Å². The smallest absolute Gasteiger partial charge is 0.326 e. The molecule has 1 saturated heterocycles. The Morgan fingerprint density at radius 2 is 1.82 bits per heavy atom. The molecule has 0 radical (unpaired) electrons. The van der Waals surface area contributed by atoms with Gasteiger partial charge < -0.3 is 24.2 Å². The molecule has 1 aromatic carbocycles. The number of benzene rings is 1. The minimum Gasteiger partial charge on any atom is -0.493 e. The van der Waals surface area contributed by atoms with Gasteiger partial charge in [0, 0.05) is 13.0 Å². The topological polar surface area (TPSA) is 85.3 Å². The number of rotatable bonds is 6. The van der Waals surface area contributed by atoms with Gasteiger partial charge in [0.2, 0.25) is 11.7 Å². The molecular formula is C15H19NO6. The molecule has 1 aliphatic rings. The van der Waals surface area contributed by atoms with Gasteiger partial charge in [0.05, 0.1) is 21.3 Å². The molecule has 1 atom stereocenters. The fraction of sp³-hybridized carbons (Fsp3) is 0.467. The van der Waals surface area contributed by atoms with E-state index in [0.29, 0.717) is 23.7 Å². The minimum absolute atomic E-state index is 0.166. The minimum atomic E-state index is -0.988. The van der Waals surface area contributed by atoms with Crippen LogP contribution in [0.15, 0.2) is 12.1 Å². The van der Waals surface area contributed by atoms with Crippen molar-refractivity contribution in [2.24, 2.45) is 0 Å². The molecule has 0 aromatic heterocycles. The van der Waals surface area contributed by atoms with Gasteiger partial charge in [-0.15, -0.1) is 0 Å². The Bertz CT molecular complexity index is 560. The van der Waals surface area contributed by atoms with Crippen LogP contribution in [0.5, 0.6) is 17.2 Å². The first-order valence-corrected chi connectivity index (χ1v) is 6.83. The van der Waals surface area contributed by atoms with E-state index in [9.17, 15) is 14.7 Å². The normalized spacial score (nSPS) is 17.5. The van der Waals surface area contributed by atoms with Gasteiger partial charge >= 0.3 is 5.97 Å². The van der Waals surface area contributed by atoms with Gasteiger partial charge in [0.1, 0.15) is 6.04 Å². The third-order valence-corrected chi connectivity index (χ3v) is 3.69. The van der Waals surface area contributed by atoms with E-state index in [1.54, 1.807) is 12.1 Å². The molecule has 1 fully saturated rings. The molecule has 1 amide bonds. The first kappa shape index (κ1) is 15.9. The number of hydrogen-bond donors (Lipinski definition) is 1. The van der Waals surface area contributed by atoms with Gasteiger partial charge in [0.25, 0.3) is 0 Å². The summed E-state index contributed by atoms with van der Waals surface area (Å²) in [6, 6.07) is 2.64. The number of nitrogens with zero attached hydrogens (tertiary/aromatic N) is 1. The first-order valence-electron chi connectivity index (χ1n) is 6.83. The average Bonchev–Trinajstić information content (AvgIpc) is 2.87. The van der Waals surface area contributed by atoms with Crippen LogP contribution in [0.4, 0.5) is 0 Å². The van der Waals surface area contributed by atoms with Crippen molar-refractivity contribution >= 4 is 11.9 Å². The van der Waals surface area contributed by atoms with E-state index in [0.717, 1.165) is 5.56 Å². The molecule has 22 heavy (non-hydrogen) atoms. The van der Waals surface area contributed by atoms with E-state index in [2.05, 4.69) is 0 Å². The zero-order valence-electron chi connectivity index (χ0n) is 12.8. The molecule has 2 rings (SSSR count). The lowest BCUT2D eigenvalue weighted by molar-refractivity contribution is -0.146. The average molecular weight is 309 g/mol. The van der Waals surface area contributed by atoms with Crippen molar-refractivity contribution in [2.75, 3.05) is 21.3 Å². The highest BCUT2D eigenvalue weighted by molar-refractivity contribution is 5.87. The van der Waals surface area contributed by atoms with Crippen molar-refractivity contribution in [3.05, 3.63) is 17.7 Å². The van der Waals surface area contributed by atoms with Crippen LogP contribution in [-0.2, 0) is 16.1 Å². The fourth-order valence-corrected chi connectivity index (χ4v) is 2.61. The SMILES string of the molecule is COc1cc(CN2C(=O)CCC2C(=O)O)cc(OC)c1OC. The van der Waals surface area contributed by atoms with Crippen molar-refractivity contribution in [3.8, 4) is 17.2 Å². The maximum Gasteiger partial charge on any atom is 0.326 e. The Labute approximate surface area is 128 Å². The van der Waals surface area contributed by atoms with Crippen molar-refractivity contribution in [3.63, 3.8) is 0 Å². The van der Waals surface area contributed by atoms with Crippen molar-refractivity contribution < 1.29 is 28.9 Å². The molecule has 1 aromatic rings. The monoisotopic (exact) mass is 309 g/mol. The largest absolute Gasteiger partial charge is 0.493 e. The summed E-state index contributed by atoms with van der Waals surface area (Å²) in [7, 11) is 4.51. The Kier molecular flexibility index (Phi) is 4.75. The van der Waals surface area contributed by atoms with E-state index >= 15 is 0 Å². The Balaban J connectivity index is 2.32. The van der Waals surface area contributed by atoms with Crippen molar-refractivity contribution in [2.45, 2.75) is 25.4 Å². The van der Waals surface area contributed by atoms with Gasteiger partial charge in [-0.3, -0.25) is 4.79 Å². The predicted molar refractivity (Wildman–Crippen MR) is 77.3 cm³/mol. The maximum atomic E-state index is 11.9. The quantitative estimate of drug-likeness (QED) is 0.852. The summed E-state index contributed by atoms with van der Waals surface area (Å²) in [4.78, 5) is 24.5. The molecule has 0 spiro atoms. The number of carboxylic acids is 1. The van der Waals surface area contributed by atoms with Crippen LogP contribution in [-0.4, -0.2) is 49.3 Å². The number of carbonyl (C=O) groups is 2. The van der Waals surface area contributed by atoms with Gasteiger partial charge in [-0.25, -0.2) is 4.79 Å². The second-order valence-corrected chi connectivity index (χ2v) is 4.95. The van der Waals surface area contributed by atoms with E-state index in [-0.39, 0.29) is 18.9 Å². The molecule has 1 unspecified atom stereocenters. The van der Waals surface area contributed by atoms with Crippen LogP contribution in [0.25, 0.3) is 0 Å². The van der Waals surface area contributed by atoms with E-state index < -0.39 is 12.0 Å². The Morgan fingerprint density at radius 3 is 2.27 bits per heavy atom. The predicted octanol–water partition coefficient (Wildman–Crippen LogP) is 1.29. The lowest BCUT2D eigenvalue weighted by atomic mass is 10.1. The fourth-order valence-electron chi connectivity index (χ4n) is 2.61. The number of amides is 1. The van der Waals surface area contributed by atoms with Crippen molar-refractivity contribution in [1.82, 2.24) is 4.90 Å². The van der Waals surface area contributed by atoms with Crippen LogP contribution in [0.1, 0.15) is 18.4 Å². The highest BCUT2D eigenvalue weighted by atomic mass is 16.5.